The topological polar surface area (TPSA) is 116 Å². The van der Waals surface area contributed by atoms with Gasteiger partial charge in [0.05, 0.1) is 46.6 Å². The molecule has 0 atom stereocenters. The fraction of sp³-hybridized carbons (Fsp3) is 0.300. The lowest BCUT2D eigenvalue weighted by Crippen LogP contribution is -2.39. The molecule has 0 spiro atoms. The van der Waals surface area contributed by atoms with Gasteiger partial charge in [0.15, 0.2) is 11.5 Å². The number of hydrogen-bond donors (Lipinski definition) is 1. The van der Waals surface area contributed by atoms with Gasteiger partial charge in [-0.25, -0.2) is 13.8 Å². The van der Waals surface area contributed by atoms with E-state index in [2.05, 4.69) is 10.5 Å². The van der Waals surface area contributed by atoms with E-state index >= 15 is 0 Å². The average molecular weight is 452 g/mol. The number of hydrogen-bond acceptors (Lipinski definition) is 8. The smallest absolute Gasteiger partial charge is 0.260 e. The molecule has 0 saturated heterocycles. The van der Waals surface area contributed by atoms with Crippen molar-refractivity contribution in [2.45, 2.75) is 0 Å². The van der Waals surface area contributed by atoms with Crippen LogP contribution in [0.4, 0.5) is 5.69 Å². The molecule has 0 fully saturated rings. The summed E-state index contributed by atoms with van der Waals surface area (Å²) in [7, 11) is 2.20. The molecule has 168 valence electrons. The molecule has 0 bridgehead atoms. The van der Waals surface area contributed by atoms with Crippen LogP contribution in [0.3, 0.4) is 0 Å². The highest BCUT2D eigenvalue weighted by molar-refractivity contribution is 7.92. The lowest BCUT2D eigenvalue weighted by atomic mass is 10.2. The molecular weight excluding hydrogens is 426 g/mol. The van der Waals surface area contributed by atoms with Crippen molar-refractivity contribution in [1.29, 1.82) is 0 Å². The van der Waals surface area contributed by atoms with Crippen LogP contribution in [0.25, 0.3) is 0 Å². The molecule has 0 unspecified atom stereocenters. The van der Waals surface area contributed by atoms with Crippen LogP contribution in [0.15, 0.2) is 41.5 Å². The van der Waals surface area contributed by atoms with Gasteiger partial charge >= 0.3 is 0 Å². The second-order valence-electron chi connectivity index (χ2n) is 6.22. The van der Waals surface area contributed by atoms with E-state index in [1.807, 2.05) is 0 Å². The molecule has 0 saturated carbocycles. The zero-order valence-corrected chi connectivity index (χ0v) is 18.7. The molecule has 2 aromatic rings. The van der Waals surface area contributed by atoms with Crippen molar-refractivity contribution < 1.29 is 32.2 Å². The highest BCUT2D eigenvalue weighted by Crippen LogP contribution is 2.37. The number of carbonyl (C=O) groups excluding carboxylic acids is 1. The Bertz CT molecular complexity index is 1030. The van der Waals surface area contributed by atoms with Crippen LogP contribution in [-0.4, -0.2) is 61.8 Å². The van der Waals surface area contributed by atoms with Crippen LogP contribution >= 0.6 is 0 Å². The maximum Gasteiger partial charge on any atom is 0.260 e. The molecule has 0 aromatic heterocycles. The number of nitrogens with one attached hydrogen (secondary N) is 1. The summed E-state index contributed by atoms with van der Waals surface area (Å²) in [6.45, 7) is -0.460. The predicted molar refractivity (Wildman–Crippen MR) is 117 cm³/mol. The van der Waals surface area contributed by atoms with Gasteiger partial charge in [-0.2, -0.15) is 5.10 Å². The van der Waals surface area contributed by atoms with Gasteiger partial charge in [0, 0.05) is 11.6 Å². The molecule has 0 radical (unpaired) electrons. The van der Waals surface area contributed by atoms with E-state index in [1.165, 1.54) is 40.7 Å². The van der Waals surface area contributed by atoms with Crippen LogP contribution in [0.1, 0.15) is 5.56 Å². The zero-order chi connectivity index (χ0) is 23.0. The molecule has 31 heavy (non-hydrogen) atoms. The Balaban J connectivity index is 2.16. The van der Waals surface area contributed by atoms with Gasteiger partial charge in [-0.05, 0) is 24.3 Å². The summed E-state index contributed by atoms with van der Waals surface area (Å²) >= 11 is 0. The molecule has 1 N–H and O–H groups in total. The van der Waals surface area contributed by atoms with Crippen molar-refractivity contribution in [2.24, 2.45) is 5.10 Å². The maximum absolute atomic E-state index is 12.3. The first kappa shape index (κ1) is 23.8. The van der Waals surface area contributed by atoms with Crippen molar-refractivity contribution in [3.05, 3.63) is 42.0 Å². The molecule has 0 heterocycles. The standard InChI is InChI=1S/C20H25N3O7S/c1-27-16-8-6-7-15(11-16)23(31(5,25)26)13-19(24)22-21-12-14-9-17(28-2)20(30-4)18(10-14)29-3/h6-12H,13H2,1-5H3,(H,22,24)/b21-12+. The van der Waals surface area contributed by atoms with Crippen molar-refractivity contribution in [3.8, 4) is 23.0 Å². The van der Waals surface area contributed by atoms with Gasteiger partial charge in [-0.15, -0.1) is 0 Å². The zero-order valence-electron chi connectivity index (χ0n) is 17.9. The molecule has 0 aliphatic carbocycles. The summed E-state index contributed by atoms with van der Waals surface area (Å²) in [5.74, 6) is 1.11. The fourth-order valence-corrected chi connectivity index (χ4v) is 3.53. The second kappa shape index (κ2) is 10.5. The summed E-state index contributed by atoms with van der Waals surface area (Å²) in [5.41, 5.74) is 3.18. The third-order valence-electron chi connectivity index (χ3n) is 4.12. The van der Waals surface area contributed by atoms with E-state index in [1.54, 1.807) is 30.3 Å². The highest BCUT2D eigenvalue weighted by Gasteiger charge is 2.21. The summed E-state index contributed by atoms with van der Waals surface area (Å²) in [6, 6.07) is 9.69. The first-order chi connectivity index (χ1) is 14.7. The third kappa shape index (κ3) is 6.25. The second-order valence-corrected chi connectivity index (χ2v) is 8.13. The number of benzene rings is 2. The number of carbonyl (C=O) groups is 1. The Labute approximate surface area is 181 Å². The number of hydrazone groups is 1. The maximum atomic E-state index is 12.3. The van der Waals surface area contributed by atoms with Crippen LogP contribution in [-0.2, 0) is 14.8 Å². The van der Waals surface area contributed by atoms with E-state index in [-0.39, 0.29) is 0 Å². The van der Waals surface area contributed by atoms with Crippen LogP contribution in [0.2, 0.25) is 0 Å². The predicted octanol–water partition coefficient (Wildman–Crippen LogP) is 1.64. The van der Waals surface area contributed by atoms with Crippen LogP contribution in [0.5, 0.6) is 23.0 Å². The molecule has 0 aliphatic heterocycles. The number of ether oxygens (including phenoxy) is 4. The fourth-order valence-electron chi connectivity index (χ4n) is 2.69. The third-order valence-corrected chi connectivity index (χ3v) is 5.26. The van der Waals surface area contributed by atoms with E-state index in [0.717, 1.165) is 10.6 Å². The lowest BCUT2D eigenvalue weighted by molar-refractivity contribution is -0.119. The quantitative estimate of drug-likeness (QED) is 0.431. The number of sulfonamides is 1. The Morgan fingerprint density at radius 3 is 2.19 bits per heavy atom. The Hall–Kier alpha value is -3.47. The summed E-state index contributed by atoms with van der Waals surface area (Å²) < 4.78 is 46.2. The van der Waals surface area contributed by atoms with Crippen molar-refractivity contribution >= 4 is 27.8 Å². The van der Waals surface area contributed by atoms with Gasteiger partial charge in [0.1, 0.15) is 12.3 Å². The minimum atomic E-state index is -3.72. The summed E-state index contributed by atoms with van der Waals surface area (Å²) in [6.07, 6.45) is 2.39. The first-order valence-electron chi connectivity index (χ1n) is 8.97. The highest BCUT2D eigenvalue weighted by atomic mass is 32.2. The van der Waals surface area contributed by atoms with Crippen molar-refractivity contribution in [2.75, 3.05) is 45.5 Å². The molecule has 0 aliphatic rings. The SMILES string of the molecule is COc1cccc(N(CC(=O)N/N=C/c2cc(OC)c(OC)c(OC)c2)S(C)(=O)=O)c1. The van der Waals surface area contributed by atoms with E-state index in [9.17, 15) is 13.2 Å². The molecule has 2 aromatic carbocycles. The molecule has 10 nitrogen and oxygen atoms in total. The number of anilines is 1. The minimum absolute atomic E-state index is 0.297. The van der Waals surface area contributed by atoms with Gasteiger partial charge < -0.3 is 18.9 Å². The molecular formula is C20H25N3O7S. The van der Waals surface area contributed by atoms with Gasteiger partial charge in [-0.3, -0.25) is 9.10 Å². The van der Waals surface area contributed by atoms with Gasteiger partial charge in [-0.1, -0.05) is 6.07 Å². The largest absolute Gasteiger partial charge is 0.497 e. The van der Waals surface area contributed by atoms with E-state index in [4.69, 9.17) is 18.9 Å². The van der Waals surface area contributed by atoms with Crippen LogP contribution in [0, 0.1) is 0 Å². The minimum Gasteiger partial charge on any atom is -0.497 e. The summed E-state index contributed by atoms with van der Waals surface area (Å²) in [4.78, 5) is 12.3. The van der Waals surface area contributed by atoms with Crippen molar-refractivity contribution in [1.82, 2.24) is 5.43 Å². The summed E-state index contributed by atoms with van der Waals surface area (Å²) in [5, 5.41) is 3.89. The monoisotopic (exact) mass is 451 g/mol. The van der Waals surface area contributed by atoms with Crippen LogP contribution < -0.4 is 28.7 Å². The van der Waals surface area contributed by atoms with Crippen molar-refractivity contribution in [3.63, 3.8) is 0 Å². The average Bonchev–Trinajstić information content (AvgIpc) is 2.75. The number of methoxy groups -OCH3 is 4. The Morgan fingerprint density at radius 2 is 1.68 bits per heavy atom. The number of amides is 1. The first-order valence-corrected chi connectivity index (χ1v) is 10.8. The van der Waals surface area contributed by atoms with E-state index in [0.29, 0.717) is 34.2 Å². The van der Waals surface area contributed by atoms with E-state index < -0.39 is 22.5 Å². The lowest BCUT2D eigenvalue weighted by Gasteiger charge is -2.21. The molecule has 11 heteroatoms. The number of nitrogens with zero attached hydrogens (tertiary/aromatic N) is 2. The van der Waals surface area contributed by atoms with Gasteiger partial charge in [0.2, 0.25) is 15.8 Å². The Kier molecular flexibility index (Phi) is 8.08. The van der Waals surface area contributed by atoms with Gasteiger partial charge in [0.25, 0.3) is 5.91 Å². The molecule has 2 rings (SSSR count). The molecule has 1 amide bonds. The normalized spacial score (nSPS) is 11.1. The Morgan fingerprint density at radius 1 is 1.03 bits per heavy atom. The number of rotatable bonds is 10.